The molecule has 0 radical (unpaired) electrons. The second kappa shape index (κ2) is 13.2. The van der Waals surface area contributed by atoms with Crippen molar-refractivity contribution in [2.24, 2.45) is 0 Å². The molecule has 1 aliphatic rings. The molecular formula is C17H31N3O9. The van der Waals surface area contributed by atoms with Crippen LogP contribution in [0.2, 0.25) is 0 Å². The Morgan fingerprint density at radius 2 is 1.48 bits per heavy atom. The summed E-state index contributed by atoms with van der Waals surface area (Å²) >= 11 is 0. The molecule has 2 heterocycles. The number of aliphatic hydroxyl groups excluding tert-OH is 5. The number of aromatic nitrogens is 3. The molecule has 1 aliphatic heterocycles. The zero-order valence-electron chi connectivity index (χ0n) is 16.2. The van der Waals surface area contributed by atoms with Crippen LogP contribution in [0, 0.1) is 0 Å². The monoisotopic (exact) mass is 421 g/mol. The topological polar surface area (TPSA) is 169 Å². The quantitative estimate of drug-likeness (QED) is 0.191. The Labute approximate surface area is 168 Å². The first-order valence-electron chi connectivity index (χ1n) is 9.60. The van der Waals surface area contributed by atoms with Crippen molar-refractivity contribution in [3.8, 4) is 0 Å². The van der Waals surface area contributed by atoms with E-state index in [1.165, 1.54) is 0 Å². The minimum absolute atomic E-state index is 0.00434. The molecule has 1 fully saturated rings. The molecule has 2 rings (SSSR count). The maximum atomic E-state index is 10.1. The SMILES string of the molecule is OCCOCCOCCOCCn1cc(C[C@H]2O[C@H](CO)[C@@H](O)[C@H](O)[C@@H]2O)nn1. The molecular weight excluding hydrogens is 390 g/mol. The fourth-order valence-corrected chi connectivity index (χ4v) is 2.86. The summed E-state index contributed by atoms with van der Waals surface area (Å²) in [6, 6.07) is 0. The van der Waals surface area contributed by atoms with E-state index in [-0.39, 0.29) is 13.0 Å². The molecule has 0 amide bonds. The maximum Gasteiger partial charge on any atom is 0.111 e. The summed E-state index contributed by atoms with van der Waals surface area (Å²) in [5.74, 6) is 0. The zero-order chi connectivity index (χ0) is 21.1. The molecule has 12 heteroatoms. The van der Waals surface area contributed by atoms with Gasteiger partial charge in [-0.05, 0) is 0 Å². The summed E-state index contributed by atoms with van der Waals surface area (Å²) in [5.41, 5.74) is 0.542. The van der Waals surface area contributed by atoms with E-state index < -0.39 is 37.1 Å². The molecule has 1 aromatic rings. The standard InChI is InChI=1S/C17H31N3O9/c21-2-4-27-6-8-28-7-5-26-3-1-20-10-12(18-19-20)9-13-15(23)17(25)16(24)14(11-22)29-13/h10,13-17,21-25H,1-9,11H2/t13-,14-,15-,16-,17-/m1/s1. The average molecular weight is 421 g/mol. The van der Waals surface area contributed by atoms with Crippen molar-refractivity contribution >= 4 is 0 Å². The van der Waals surface area contributed by atoms with Gasteiger partial charge in [0.05, 0.1) is 71.2 Å². The predicted octanol–water partition coefficient (Wildman–Crippen LogP) is -3.29. The number of ether oxygens (including phenoxy) is 4. The highest BCUT2D eigenvalue weighted by molar-refractivity contribution is 5.01. The van der Waals surface area contributed by atoms with E-state index in [0.29, 0.717) is 51.9 Å². The smallest absolute Gasteiger partial charge is 0.111 e. The minimum atomic E-state index is -1.40. The molecule has 0 unspecified atom stereocenters. The van der Waals surface area contributed by atoms with Crippen LogP contribution in [0.15, 0.2) is 6.20 Å². The van der Waals surface area contributed by atoms with E-state index in [1.807, 2.05) is 0 Å². The lowest BCUT2D eigenvalue weighted by Crippen LogP contribution is -2.59. The van der Waals surface area contributed by atoms with Gasteiger partial charge >= 0.3 is 0 Å². The second-order valence-electron chi connectivity index (χ2n) is 6.61. The average Bonchev–Trinajstić information content (AvgIpc) is 3.17. The molecule has 0 aliphatic carbocycles. The van der Waals surface area contributed by atoms with Gasteiger partial charge in [0.25, 0.3) is 0 Å². The van der Waals surface area contributed by atoms with Crippen molar-refractivity contribution in [1.29, 1.82) is 0 Å². The Hall–Kier alpha value is -1.22. The molecule has 0 saturated carbocycles. The predicted molar refractivity (Wildman–Crippen MR) is 97.0 cm³/mol. The summed E-state index contributed by atoms with van der Waals surface area (Å²) in [4.78, 5) is 0. The highest BCUT2D eigenvalue weighted by Gasteiger charge is 2.43. The van der Waals surface area contributed by atoms with Gasteiger partial charge in [-0.2, -0.15) is 0 Å². The molecule has 0 aromatic carbocycles. The van der Waals surface area contributed by atoms with Crippen molar-refractivity contribution in [1.82, 2.24) is 15.0 Å². The molecule has 5 atom stereocenters. The largest absolute Gasteiger partial charge is 0.394 e. The number of rotatable bonds is 14. The molecule has 0 bridgehead atoms. The molecule has 5 N–H and O–H groups in total. The summed E-state index contributed by atoms with van der Waals surface area (Å²) in [5, 5.41) is 55.5. The first kappa shape index (κ1) is 24.1. The first-order chi connectivity index (χ1) is 14.1. The fourth-order valence-electron chi connectivity index (χ4n) is 2.86. The zero-order valence-corrected chi connectivity index (χ0v) is 16.2. The van der Waals surface area contributed by atoms with Gasteiger partial charge in [-0.15, -0.1) is 5.10 Å². The number of aliphatic hydroxyl groups is 5. The van der Waals surface area contributed by atoms with Crippen LogP contribution in [-0.2, 0) is 31.9 Å². The van der Waals surface area contributed by atoms with Gasteiger partial charge in [-0.1, -0.05) is 5.21 Å². The van der Waals surface area contributed by atoms with Crippen LogP contribution in [-0.4, -0.2) is 124 Å². The third-order valence-electron chi connectivity index (χ3n) is 4.43. The summed E-state index contributed by atoms with van der Waals surface area (Å²) in [6.45, 7) is 2.43. The van der Waals surface area contributed by atoms with Gasteiger partial charge in [0.2, 0.25) is 0 Å². The Bertz CT molecular complexity index is 560. The van der Waals surface area contributed by atoms with Crippen molar-refractivity contribution in [2.45, 2.75) is 43.5 Å². The van der Waals surface area contributed by atoms with E-state index in [4.69, 9.17) is 24.1 Å². The Morgan fingerprint density at radius 3 is 2.14 bits per heavy atom. The molecule has 1 saturated heterocycles. The van der Waals surface area contributed by atoms with Gasteiger partial charge < -0.3 is 44.5 Å². The Balaban J connectivity index is 1.63. The second-order valence-corrected chi connectivity index (χ2v) is 6.61. The third-order valence-corrected chi connectivity index (χ3v) is 4.43. The Kier molecular flexibility index (Phi) is 10.9. The van der Waals surface area contributed by atoms with Crippen LogP contribution in [0.5, 0.6) is 0 Å². The van der Waals surface area contributed by atoms with Crippen LogP contribution >= 0.6 is 0 Å². The van der Waals surface area contributed by atoms with Crippen LogP contribution < -0.4 is 0 Å². The summed E-state index contributed by atoms with van der Waals surface area (Å²) in [7, 11) is 0. The normalized spacial score (nSPS) is 27.4. The highest BCUT2D eigenvalue weighted by atomic mass is 16.6. The van der Waals surface area contributed by atoms with E-state index in [2.05, 4.69) is 10.3 Å². The van der Waals surface area contributed by atoms with Crippen molar-refractivity contribution in [3.05, 3.63) is 11.9 Å². The fraction of sp³-hybridized carbons (Fsp3) is 0.882. The number of hydrogen-bond donors (Lipinski definition) is 5. The van der Waals surface area contributed by atoms with Gasteiger partial charge in [0.15, 0.2) is 0 Å². The molecule has 1 aromatic heterocycles. The lowest BCUT2D eigenvalue weighted by molar-refractivity contribution is -0.228. The molecule has 168 valence electrons. The van der Waals surface area contributed by atoms with Gasteiger partial charge in [-0.25, -0.2) is 4.68 Å². The summed E-state index contributed by atoms with van der Waals surface area (Å²) in [6.07, 6.45) is -3.98. The number of nitrogens with zero attached hydrogens (tertiary/aromatic N) is 3. The molecule has 29 heavy (non-hydrogen) atoms. The number of hydrogen-bond acceptors (Lipinski definition) is 11. The van der Waals surface area contributed by atoms with E-state index >= 15 is 0 Å². The van der Waals surface area contributed by atoms with Crippen LogP contribution in [0.1, 0.15) is 5.69 Å². The minimum Gasteiger partial charge on any atom is -0.394 e. The van der Waals surface area contributed by atoms with Crippen LogP contribution in [0.4, 0.5) is 0 Å². The van der Waals surface area contributed by atoms with Crippen molar-refractivity contribution in [2.75, 3.05) is 52.9 Å². The van der Waals surface area contributed by atoms with E-state index in [9.17, 15) is 20.4 Å². The van der Waals surface area contributed by atoms with Gasteiger partial charge in [0, 0.05) is 12.6 Å². The Morgan fingerprint density at radius 1 is 0.862 bits per heavy atom. The van der Waals surface area contributed by atoms with Gasteiger partial charge in [0.1, 0.15) is 24.4 Å². The highest BCUT2D eigenvalue weighted by Crippen LogP contribution is 2.23. The van der Waals surface area contributed by atoms with Crippen molar-refractivity contribution < 1.29 is 44.5 Å². The molecule has 0 spiro atoms. The maximum absolute atomic E-state index is 10.1. The van der Waals surface area contributed by atoms with Crippen LogP contribution in [0.3, 0.4) is 0 Å². The van der Waals surface area contributed by atoms with E-state index in [1.54, 1.807) is 10.9 Å². The third kappa shape index (κ3) is 7.85. The molecule has 12 nitrogen and oxygen atoms in total. The first-order valence-corrected chi connectivity index (χ1v) is 9.60. The van der Waals surface area contributed by atoms with Crippen LogP contribution in [0.25, 0.3) is 0 Å². The summed E-state index contributed by atoms with van der Waals surface area (Å²) < 4.78 is 22.9. The van der Waals surface area contributed by atoms with Crippen molar-refractivity contribution in [3.63, 3.8) is 0 Å². The van der Waals surface area contributed by atoms with Gasteiger partial charge in [-0.3, -0.25) is 0 Å². The lowest BCUT2D eigenvalue weighted by Gasteiger charge is -2.39. The lowest BCUT2D eigenvalue weighted by atomic mass is 9.93. The van der Waals surface area contributed by atoms with E-state index in [0.717, 1.165) is 0 Å².